The molecule has 0 saturated carbocycles. The van der Waals surface area contributed by atoms with Gasteiger partial charge in [-0.25, -0.2) is 4.79 Å². The number of nitrogens with zero attached hydrogens (tertiary/aromatic N) is 1. The van der Waals surface area contributed by atoms with Gasteiger partial charge in [0.15, 0.2) is 5.60 Å². The molecule has 1 aromatic heterocycles. The highest BCUT2D eigenvalue weighted by atomic mass is 79.9. The second-order valence-corrected chi connectivity index (χ2v) is 5.38. The van der Waals surface area contributed by atoms with Crippen LogP contribution in [0.1, 0.15) is 6.92 Å². The van der Waals surface area contributed by atoms with E-state index in [1.54, 1.807) is 12.3 Å². The summed E-state index contributed by atoms with van der Waals surface area (Å²) in [4.78, 5) is 15.1. The van der Waals surface area contributed by atoms with E-state index >= 15 is 0 Å². The van der Waals surface area contributed by atoms with Gasteiger partial charge in [0.05, 0.1) is 17.7 Å². The van der Waals surface area contributed by atoms with E-state index in [1.807, 2.05) is 18.2 Å². The van der Waals surface area contributed by atoms with Crippen LogP contribution in [0.3, 0.4) is 0 Å². The summed E-state index contributed by atoms with van der Waals surface area (Å²) in [5.74, 6) is -1.27. The number of halogens is 1. The van der Waals surface area contributed by atoms with Crippen LogP contribution in [0.2, 0.25) is 0 Å². The quantitative estimate of drug-likeness (QED) is 0.803. The summed E-state index contributed by atoms with van der Waals surface area (Å²) < 4.78 is 0.870. The lowest BCUT2D eigenvalue weighted by Crippen LogP contribution is -2.41. The number of benzene rings is 1. The van der Waals surface area contributed by atoms with Crippen molar-refractivity contribution in [3.8, 4) is 0 Å². The van der Waals surface area contributed by atoms with Gasteiger partial charge in [-0.3, -0.25) is 4.98 Å². The van der Waals surface area contributed by atoms with Crippen molar-refractivity contribution in [3.63, 3.8) is 0 Å². The molecule has 1 atom stereocenters. The van der Waals surface area contributed by atoms with Gasteiger partial charge in [-0.1, -0.05) is 12.1 Å². The molecule has 0 radical (unpaired) electrons. The fourth-order valence-electron chi connectivity index (χ4n) is 1.62. The molecule has 0 spiro atoms. The molecule has 100 valence electrons. The van der Waals surface area contributed by atoms with E-state index in [4.69, 9.17) is 5.11 Å². The van der Waals surface area contributed by atoms with Gasteiger partial charge in [0.2, 0.25) is 0 Å². The number of hydrogen-bond acceptors (Lipinski definition) is 4. The molecule has 0 amide bonds. The Balaban J connectivity index is 2.29. The molecular formula is C13H13BrN2O3. The molecule has 0 saturated heterocycles. The average Bonchev–Trinajstić information content (AvgIpc) is 2.35. The van der Waals surface area contributed by atoms with Gasteiger partial charge in [-0.2, -0.15) is 0 Å². The van der Waals surface area contributed by atoms with Crippen molar-refractivity contribution >= 4 is 38.5 Å². The number of carboxylic acid groups (broad SMARTS) is 1. The van der Waals surface area contributed by atoms with E-state index in [9.17, 15) is 9.90 Å². The molecule has 2 aromatic rings. The van der Waals surface area contributed by atoms with Gasteiger partial charge in [0, 0.05) is 16.1 Å². The minimum absolute atomic E-state index is 0.0980. The fourth-order valence-corrected chi connectivity index (χ4v) is 1.97. The predicted octanol–water partition coefficient (Wildman–Crippen LogP) is 2.24. The van der Waals surface area contributed by atoms with Gasteiger partial charge >= 0.3 is 5.97 Å². The van der Waals surface area contributed by atoms with E-state index < -0.39 is 11.6 Å². The highest BCUT2D eigenvalue weighted by Crippen LogP contribution is 2.24. The minimum Gasteiger partial charge on any atom is -0.479 e. The Morgan fingerprint density at radius 2 is 2.26 bits per heavy atom. The maximum atomic E-state index is 10.8. The maximum absolute atomic E-state index is 10.8. The van der Waals surface area contributed by atoms with Crippen LogP contribution < -0.4 is 5.32 Å². The first-order valence-corrected chi connectivity index (χ1v) is 6.43. The summed E-state index contributed by atoms with van der Waals surface area (Å²) >= 11 is 3.35. The lowest BCUT2D eigenvalue weighted by Gasteiger charge is -2.19. The third-order valence-corrected chi connectivity index (χ3v) is 3.20. The van der Waals surface area contributed by atoms with Crippen molar-refractivity contribution < 1.29 is 15.0 Å². The third-order valence-electron chi connectivity index (χ3n) is 2.76. The molecule has 0 aliphatic rings. The second kappa shape index (κ2) is 5.14. The standard InChI is InChI=1S/C13H13BrN2O3/c1-13(19,12(17)18)7-16-10-4-2-3-8-5-9(14)6-15-11(8)10/h2-6,16,19H,7H2,1H3,(H,17,18). The van der Waals surface area contributed by atoms with Gasteiger partial charge in [0.25, 0.3) is 0 Å². The Morgan fingerprint density at radius 3 is 2.95 bits per heavy atom. The molecule has 19 heavy (non-hydrogen) atoms. The molecule has 0 aliphatic carbocycles. The molecule has 3 N–H and O–H groups in total. The van der Waals surface area contributed by atoms with Crippen molar-refractivity contribution in [1.29, 1.82) is 0 Å². The van der Waals surface area contributed by atoms with E-state index in [2.05, 4.69) is 26.2 Å². The van der Waals surface area contributed by atoms with Crippen LogP contribution >= 0.6 is 15.9 Å². The minimum atomic E-state index is -1.82. The smallest absolute Gasteiger partial charge is 0.337 e. The number of anilines is 1. The zero-order chi connectivity index (χ0) is 14.0. The molecule has 5 nitrogen and oxygen atoms in total. The highest BCUT2D eigenvalue weighted by molar-refractivity contribution is 9.10. The summed E-state index contributed by atoms with van der Waals surface area (Å²) in [6.45, 7) is 1.15. The van der Waals surface area contributed by atoms with Crippen molar-refractivity contribution in [2.45, 2.75) is 12.5 Å². The first-order chi connectivity index (χ1) is 8.90. The van der Waals surface area contributed by atoms with Crippen LogP contribution in [-0.4, -0.2) is 33.3 Å². The van der Waals surface area contributed by atoms with Crippen LogP contribution in [0.25, 0.3) is 10.9 Å². The van der Waals surface area contributed by atoms with Gasteiger partial charge in [0.1, 0.15) is 0 Å². The molecule has 1 aromatic carbocycles. The Labute approximate surface area is 118 Å². The van der Waals surface area contributed by atoms with E-state index in [0.29, 0.717) is 5.69 Å². The van der Waals surface area contributed by atoms with Crippen LogP contribution in [-0.2, 0) is 4.79 Å². The number of carboxylic acids is 1. The third kappa shape index (κ3) is 3.02. The number of rotatable bonds is 4. The van der Waals surface area contributed by atoms with Crippen molar-refractivity contribution in [2.75, 3.05) is 11.9 Å². The predicted molar refractivity (Wildman–Crippen MR) is 76.2 cm³/mol. The van der Waals surface area contributed by atoms with E-state index in [-0.39, 0.29) is 6.54 Å². The molecule has 0 aliphatic heterocycles. The number of aliphatic hydroxyl groups is 1. The van der Waals surface area contributed by atoms with Gasteiger partial charge < -0.3 is 15.5 Å². The molecule has 1 unspecified atom stereocenters. The zero-order valence-corrected chi connectivity index (χ0v) is 11.8. The van der Waals surface area contributed by atoms with Gasteiger partial charge in [-0.05, 0) is 35.0 Å². The molecule has 0 fully saturated rings. The zero-order valence-electron chi connectivity index (χ0n) is 10.2. The first kappa shape index (κ1) is 13.8. The number of fused-ring (bicyclic) bond motifs is 1. The number of para-hydroxylation sites is 1. The van der Waals surface area contributed by atoms with Crippen LogP contribution in [0.15, 0.2) is 34.9 Å². The van der Waals surface area contributed by atoms with Crippen LogP contribution in [0.5, 0.6) is 0 Å². The molecule has 0 bridgehead atoms. The first-order valence-electron chi connectivity index (χ1n) is 5.64. The van der Waals surface area contributed by atoms with Crippen molar-refractivity contribution in [3.05, 3.63) is 34.9 Å². The Hall–Kier alpha value is -1.66. The summed E-state index contributed by atoms with van der Waals surface area (Å²) in [5.41, 5.74) is -0.407. The number of nitrogens with one attached hydrogen (secondary N) is 1. The second-order valence-electron chi connectivity index (χ2n) is 4.46. The Kier molecular flexibility index (Phi) is 3.73. The molecule has 2 rings (SSSR count). The van der Waals surface area contributed by atoms with E-state index in [1.165, 1.54) is 6.92 Å². The van der Waals surface area contributed by atoms with Gasteiger partial charge in [-0.15, -0.1) is 0 Å². The fraction of sp³-hybridized carbons (Fsp3) is 0.231. The van der Waals surface area contributed by atoms with Crippen LogP contribution in [0, 0.1) is 0 Å². The summed E-state index contributed by atoms with van der Waals surface area (Å²) in [7, 11) is 0. The van der Waals surface area contributed by atoms with Crippen molar-refractivity contribution in [1.82, 2.24) is 4.98 Å². The largest absolute Gasteiger partial charge is 0.479 e. The highest BCUT2D eigenvalue weighted by Gasteiger charge is 2.29. The van der Waals surface area contributed by atoms with E-state index in [0.717, 1.165) is 15.4 Å². The number of aliphatic carboxylic acids is 1. The number of carbonyl (C=O) groups is 1. The lowest BCUT2D eigenvalue weighted by atomic mass is 10.1. The lowest BCUT2D eigenvalue weighted by molar-refractivity contribution is -0.155. The number of aromatic nitrogens is 1. The summed E-state index contributed by atoms with van der Waals surface area (Å²) in [5, 5.41) is 22.4. The monoisotopic (exact) mass is 324 g/mol. The summed E-state index contributed by atoms with van der Waals surface area (Å²) in [6, 6.07) is 7.46. The van der Waals surface area contributed by atoms with Crippen molar-refractivity contribution in [2.24, 2.45) is 0 Å². The topological polar surface area (TPSA) is 82.5 Å². The molecule has 6 heteroatoms. The maximum Gasteiger partial charge on any atom is 0.337 e. The number of hydrogen-bond donors (Lipinski definition) is 3. The Bertz CT molecular complexity index is 628. The number of pyridine rings is 1. The SMILES string of the molecule is CC(O)(CNc1cccc2cc(Br)cnc12)C(=O)O. The molecular weight excluding hydrogens is 312 g/mol. The van der Waals surface area contributed by atoms with Crippen LogP contribution in [0.4, 0.5) is 5.69 Å². The average molecular weight is 325 g/mol. The normalized spacial score (nSPS) is 14.1. The summed E-state index contributed by atoms with van der Waals surface area (Å²) in [6.07, 6.45) is 1.67. The Morgan fingerprint density at radius 1 is 1.53 bits per heavy atom. The molecule has 1 heterocycles.